The van der Waals surface area contributed by atoms with Gasteiger partial charge >= 0.3 is 0 Å². The van der Waals surface area contributed by atoms with Crippen LogP contribution in [-0.2, 0) is 0 Å². The first-order chi connectivity index (χ1) is 8.19. The molecule has 0 spiro atoms. The summed E-state index contributed by atoms with van der Waals surface area (Å²) >= 11 is 11.8. The molecule has 2 rings (SSSR count). The maximum atomic E-state index is 5.97. The van der Waals surface area contributed by atoms with E-state index in [0.717, 1.165) is 0 Å². The number of methoxy groups -OCH3 is 1. The molecule has 0 radical (unpaired) electrons. The van der Waals surface area contributed by atoms with Gasteiger partial charge in [0, 0.05) is 5.02 Å². The summed E-state index contributed by atoms with van der Waals surface area (Å²) in [5.74, 6) is 1.23. The quantitative estimate of drug-likeness (QED) is 0.855. The van der Waals surface area contributed by atoms with Gasteiger partial charge in [-0.1, -0.05) is 23.2 Å². The van der Waals surface area contributed by atoms with E-state index in [-0.39, 0.29) is 0 Å². The predicted molar refractivity (Wildman–Crippen MR) is 65.1 cm³/mol. The van der Waals surface area contributed by atoms with Gasteiger partial charge in [-0.05, 0) is 18.2 Å². The maximum absolute atomic E-state index is 5.97. The number of ether oxygens (including phenoxy) is 2. The highest BCUT2D eigenvalue weighted by Crippen LogP contribution is 2.31. The van der Waals surface area contributed by atoms with Gasteiger partial charge in [-0.15, -0.1) is 0 Å². The van der Waals surface area contributed by atoms with Crippen molar-refractivity contribution in [2.24, 2.45) is 0 Å². The van der Waals surface area contributed by atoms with E-state index < -0.39 is 0 Å². The third-order valence-electron chi connectivity index (χ3n) is 1.93. The summed E-state index contributed by atoms with van der Waals surface area (Å²) in [7, 11) is 1.52. The van der Waals surface area contributed by atoms with Crippen LogP contribution in [0.15, 0.2) is 30.6 Å². The minimum absolute atomic E-state index is 0.348. The Morgan fingerprint density at radius 2 is 1.82 bits per heavy atom. The summed E-state index contributed by atoms with van der Waals surface area (Å²) < 4.78 is 10.4. The molecule has 17 heavy (non-hydrogen) atoms. The first-order valence-electron chi connectivity index (χ1n) is 4.68. The van der Waals surface area contributed by atoms with Crippen LogP contribution < -0.4 is 9.47 Å². The van der Waals surface area contributed by atoms with Gasteiger partial charge in [0.1, 0.15) is 12.1 Å². The van der Waals surface area contributed by atoms with Crippen molar-refractivity contribution in [3.05, 3.63) is 40.6 Å². The molecule has 1 aromatic heterocycles. The molecule has 0 aliphatic heterocycles. The van der Waals surface area contributed by atoms with Crippen molar-refractivity contribution in [1.29, 1.82) is 0 Å². The fourth-order valence-electron chi connectivity index (χ4n) is 1.16. The molecule has 0 aliphatic carbocycles. The zero-order valence-electron chi connectivity index (χ0n) is 8.85. The van der Waals surface area contributed by atoms with Crippen molar-refractivity contribution >= 4 is 23.2 Å². The second-order valence-electron chi connectivity index (χ2n) is 3.08. The molecule has 0 N–H and O–H groups in total. The predicted octanol–water partition coefficient (Wildman–Crippen LogP) is 3.58. The lowest BCUT2D eigenvalue weighted by Crippen LogP contribution is -1.92. The third kappa shape index (κ3) is 2.99. The van der Waals surface area contributed by atoms with E-state index in [4.69, 9.17) is 32.7 Å². The summed E-state index contributed by atoms with van der Waals surface area (Å²) in [6.07, 6.45) is 1.35. The van der Waals surface area contributed by atoms with Crippen LogP contribution in [0.5, 0.6) is 17.5 Å². The molecule has 2 aromatic rings. The number of hydrogen-bond donors (Lipinski definition) is 0. The number of halogens is 2. The molecule has 0 amide bonds. The lowest BCUT2D eigenvalue weighted by atomic mass is 10.3. The van der Waals surface area contributed by atoms with Gasteiger partial charge in [-0.2, -0.15) is 0 Å². The molecule has 0 fully saturated rings. The zero-order valence-corrected chi connectivity index (χ0v) is 10.4. The van der Waals surface area contributed by atoms with E-state index in [0.29, 0.717) is 27.6 Å². The van der Waals surface area contributed by atoms with Crippen molar-refractivity contribution in [1.82, 2.24) is 9.97 Å². The zero-order chi connectivity index (χ0) is 12.3. The molecular weight excluding hydrogens is 263 g/mol. The number of benzene rings is 1. The Kier molecular flexibility index (Phi) is 3.66. The van der Waals surface area contributed by atoms with Crippen molar-refractivity contribution in [3.63, 3.8) is 0 Å². The van der Waals surface area contributed by atoms with Crippen LogP contribution in [0.25, 0.3) is 0 Å². The summed E-state index contributed by atoms with van der Waals surface area (Å²) in [4.78, 5) is 7.81. The molecule has 1 heterocycles. The van der Waals surface area contributed by atoms with Crippen molar-refractivity contribution < 1.29 is 9.47 Å². The Morgan fingerprint density at radius 3 is 2.53 bits per heavy atom. The van der Waals surface area contributed by atoms with E-state index >= 15 is 0 Å². The molecule has 88 valence electrons. The van der Waals surface area contributed by atoms with Crippen LogP contribution in [0.3, 0.4) is 0 Å². The summed E-state index contributed by atoms with van der Waals surface area (Å²) in [5.41, 5.74) is 0. The molecule has 0 atom stereocenters. The Balaban J connectivity index is 2.25. The minimum Gasteiger partial charge on any atom is -0.481 e. The van der Waals surface area contributed by atoms with Crippen molar-refractivity contribution in [2.75, 3.05) is 7.11 Å². The highest BCUT2D eigenvalue weighted by atomic mass is 35.5. The topological polar surface area (TPSA) is 44.2 Å². The molecule has 0 saturated carbocycles. The van der Waals surface area contributed by atoms with Gasteiger partial charge in [-0.25, -0.2) is 9.97 Å². The molecule has 0 saturated heterocycles. The second kappa shape index (κ2) is 5.21. The monoisotopic (exact) mass is 270 g/mol. The Bertz CT molecular complexity index is 535. The highest BCUT2D eigenvalue weighted by molar-refractivity contribution is 6.35. The van der Waals surface area contributed by atoms with Gasteiger partial charge in [0.05, 0.1) is 18.2 Å². The van der Waals surface area contributed by atoms with Gasteiger partial charge in [-0.3, -0.25) is 0 Å². The van der Waals surface area contributed by atoms with Crippen LogP contribution in [0, 0.1) is 0 Å². The molecule has 1 aromatic carbocycles. The Morgan fingerprint density at radius 1 is 1.06 bits per heavy atom. The fraction of sp³-hybridized carbons (Fsp3) is 0.0909. The number of nitrogens with zero attached hydrogens (tertiary/aromatic N) is 2. The van der Waals surface area contributed by atoms with E-state index in [1.54, 1.807) is 24.3 Å². The smallest absolute Gasteiger partial charge is 0.226 e. The van der Waals surface area contributed by atoms with Crippen LogP contribution in [0.1, 0.15) is 0 Å². The van der Waals surface area contributed by atoms with E-state index in [2.05, 4.69) is 9.97 Å². The largest absolute Gasteiger partial charge is 0.481 e. The average molecular weight is 271 g/mol. The molecular formula is C11H8Cl2N2O2. The van der Waals surface area contributed by atoms with Crippen LogP contribution in [0.4, 0.5) is 0 Å². The minimum atomic E-state index is 0.348. The summed E-state index contributed by atoms with van der Waals surface area (Å²) in [6.45, 7) is 0. The van der Waals surface area contributed by atoms with E-state index in [9.17, 15) is 0 Å². The molecule has 6 heteroatoms. The number of rotatable bonds is 3. The van der Waals surface area contributed by atoms with Crippen molar-refractivity contribution in [3.8, 4) is 17.5 Å². The Hall–Kier alpha value is -1.52. The van der Waals surface area contributed by atoms with Crippen LogP contribution in [-0.4, -0.2) is 17.1 Å². The SMILES string of the molecule is COc1cc(Oc2ccc(Cl)cc2Cl)ncn1. The highest BCUT2D eigenvalue weighted by Gasteiger charge is 2.06. The fourth-order valence-corrected chi connectivity index (χ4v) is 1.61. The number of aromatic nitrogens is 2. The lowest BCUT2D eigenvalue weighted by Gasteiger charge is -2.07. The Labute approximate surface area is 108 Å². The van der Waals surface area contributed by atoms with Gasteiger partial charge in [0.25, 0.3) is 0 Å². The van der Waals surface area contributed by atoms with Gasteiger partial charge in [0.2, 0.25) is 11.8 Å². The molecule has 0 bridgehead atoms. The first-order valence-corrected chi connectivity index (χ1v) is 5.43. The molecule has 4 nitrogen and oxygen atoms in total. The molecule has 0 unspecified atom stereocenters. The third-order valence-corrected chi connectivity index (χ3v) is 2.46. The van der Waals surface area contributed by atoms with Gasteiger partial charge < -0.3 is 9.47 Å². The van der Waals surface area contributed by atoms with Crippen molar-refractivity contribution in [2.45, 2.75) is 0 Å². The second-order valence-corrected chi connectivity index (χ2v) is 3.92. The maximum Gasteiger partial charge on any atom is 0.226 e. The standard InChI is InChI=1S/C11H8Cl2N2O2/c1-16-10-5-11(15-6-14-10)17-9-3-2-7(12)4-8(9)13/h2-6H,1H3. The normalized spacial score (nSPS) is 10.1. The number of hydrogen-bond acceptors (Lipinski definition) is 4. The van der Waals surface area contributed by atoms with Gasteiger partial charge in [0.15, 0.2) is 0 Å². The van der Waals surface area contributed by atoms with E-state index in [1.165, 1.54) is 13.4 Å². The summed E-state index contributed by atoms with van der Waals surface area (Å²) in [5, 5.41) is 0.956. The van der Waals surface area contributed by atoms with Crippen LogP contribution in [0.2, 0.25) is 10.0 Å². The van der Waals surface area contributed by atoms with E-state index in [1.807, 2.05) is 0 Å². The van der Waals surface area contributed by atoms with Crippen LogP contribution >= 0.6 is 23.2 Å². The lowest BCUT2D eigenvalue weighted by molar-refractivity contribution is 0.388. The summed E-state index contributed by atoms with van der Waals surface area (Å²) in [6, 6.07) is 6.50. The first kappa shape index (κ1) is 12.0. The average Bonchev–Trinajstić information content (AvgIpc) is 2.33. The molecule has 0 aliphatic rings.